The maximum Gasteiger partial charge on any atom is 0.341 e. The minimum absolute atomic E-state index is 0.0707. The lowest BCUT2D eigenvalue weighted by atomic mass is 10.1. The number of aryl methyl sites for hydroxylation is 1. The molecule has 30 heavy (non-hydrogen) atoms. The minimum atomic E-state index is -0.324. The van der Waals surface area contributed by atoms with Crippen LogP contribution in [-0.4, -0.2) is 66.0 Å². The van der Waals surface area contributed by atoms with Gasteiger partial charge in [0.25, 0.3) is 0 Å². The molecule has 4 rings (SSSR count). The summed E-state index contributed by atoms with van der Waals surface area (Å²) in [7, 11) is 0. The number of carbonyl (C=O) groups is 2. The number of aromatic nitrogens is 1. The van der Waals surface area contributed by atoms with E-state index in [2.05, 4.69) is 20.1 Å². The Bertz CT molecular complexity index is 891. The number of nitrogens with zero attached hydrogens (tertiary/aromatic N) is 3. The Morgan fingerprint density at radius 1 is 1.17 bits per heavy atom. The second-order valence-electron chi connectivity index (χ2n) is 7.70. The third-order valence-corrected chi connectivity index (χ3v) is 6.80. The first-order valence-corrected chi connectivity index (χ1v) is 11.4. The van der Waals surface area contributed by atoms with Gasteiger partial charge in [-0.1, -0.05) is 6.07 Å². The molecule has 160 valence electrons. The van der Waals surface area contributed by atoms with Gasteiger partial charge in [0.15, 0.2) is 0 Å². The Morgan fingerprint density at radius 3 is 2.70 bits per heavy atom. The number of piperazine rings is 1. The van der Waals surface area contributed by atoms with Gasteiger partial charge >= 0.3 is 5.97 Å². The number of ether oxygens (including phenoxy) is 1. The number of hydrogen-bond acceptors (Lipinski definition) is 7. The van der Waals surface area contributed by atoms with Crippen LogP contribution < -0.4 is 5.32 Å². The van der Waals surface area contributed by atoms with E-state index in [-0.39, 0.29) is 11.9 Å². The Kier molecular flexibility index (Phi) is 6.76. The molecule has 0 aromatic carbocycles. The smallest absolute Gasteiger partial charge is 0.341 e. The summed E-state index contributed by atoms with van der Waals surface area (Å²) in [5, 5.41) is 3.64. The second-order valence-corrected chi connectivity index (χ2v) is 8.81. The van der Waals surface area contributed by atoms with Crippen LogP contribution in [0.1, 0.15) is 39.8 Å². The second kappa shape index (κ2) is 9.68. The summed E-state index contributed by atoms with van der Waals surface area (Å²) >= 11 is 1.53. The van der Waals surface area contributed by atoms with Gasteiger partial charge in [-0.25, -0.2) is 4.79 Å². The van der Waals surface area contributed by atoms with Gasteiger partial charge in [0, 0.05) is 43.8 Å². The number of esters is 1. The van der Waals surface area contributed by atoms with Crippen molar-refractivity contribution in [3.63, 3.8) is 0 Å². The molecule has 0 radical (unpaired) electrons. The highest BCUT2D eigenvalue weighted by atomic mass is 32.1. The number of nitrogens with one attached hydrogen (secondary N) is 1. The number of thiophene rings is 1. The van der Waals surface area contributed by atoms with Crippen LogP contribution in [-0.2, 0) is 28.9 Å². The number of amides is 1. The van der Waals surface area contributed by atoms with Gasteiger partial charge in [-0.05, 0) is 43.9 Å². The summed E-state index contributed by atoms with van der Waals surface area (Å²) in [6, 6.07) is 5.98. The lowest BCUT2D eigenvalue weighted by Gasteiger charge is -2.34. The van der Waals surface area contributed by atoms with Crippen LogP contribution in [0.25, 0.3) is 0 Å². The first-order chi connectivity index (χ1) is 14.6. The monoisotopic (exact) mass is 428 g/mol. The molecule has 1 saturated heterocycles. The highest BCUT2D eigenvalue weighted by Crippen LogP contribution is 2.39. The lowest BCUT2D eigenvalue weighted by Crippen LogP contribution is -2.48. The van der Waals surface area contributed by atoms with Crippen molar-refractivity contribution in [2.75, 3.05) is 44.6 Å². The van der Waals surface area contributed by atoms with Crippen LogP contribution in [0.15, 0.2) is 24.4 Å². The largest absolute Gasteiger partial charge is 0.462 e. The fourth-order valence-electron chi connectivity index (χ4n) is 4.11. The third kappa shape index (κ3) is 4.88. The predicted molar refractivity (Wildman–Crippen MR) is 117 cm³/mol. The van der Waals surface area contributed by atoms with Crippen LogP contribution in [0.3, 0.4) is 0 Å². The van der Waals surface area contributed by atoms with E-state index in [1.165, 1.54) is 16.2 Å². The van der Waals surface area contributed by atoms with Crippen molar-refractivity contribution in [2.24, 2.45) is 0 Å². The molecule has 2 aliphatic rings. The molecule has 0 saturated carbocycles. The van der Waals surface area contributed by atoms with Crippen molar-refractivity contribution < 1.29 is 14.3 Å². The Balaban J connectivity index is 1.31. The minimum Gasteiger partial charge on any atom is -0.462 e. The number of carbonyl (C=O) groups excluding carboxylic acids is 2. The quantitative estimate of drug-likeness (QED) is 0.684. The van der Waals surface area contributed by atoms with Gasteiger partial charge < -0.3 is 10.1 Å². The van der Waals surface area contributed by atoms with Crippen molar-refractivity contribution in [3.05, 3.63) is 46.1 Å². The van der Waals surface area contributed by atoms with Crippen molar-refractivity contribution >= 4 is 28.2 Å². The Morgan fingerprint density at radius 2 is 1.97 bits per heavy atom. The topological polar surface area (TPSA) is 74.8 Å². The molecule has 8 heteroatoms. The highest BCUT2D eigenvalue weighted by Gasteiger charge is 2.29. The van der Waals surface area contributed by atoms with Gasteiger partial charge in [0.2, 0.25) is 5.91 Å². The number of fused-ring (bicyclic) bond motifs is 1. The zero-order valence-corrected chi connectivity index (χ0v) is 18.2. The Labute approximate surface area is 181 Å². The van der Waals surface area contributed by atoms with Crippen molar-refractivity contribution in [3.8, 4) is 0 Å². The van der Waals surface area contributed by atoms with Crippen molar-refractivity contribution in [2.45, 2.75) is 32.7 Å². The molecule has 0 spiro atoms. The van der Waals surface area contributed by atoms with Gasteiger partial charge in [0.05, 0.1) is 24.4 Å². The van der Waals surface area contributed by atoms with E-state index in [0.29, 0.717) is 23.7 Å². The highest BCUT2D eigenvalue weighted by molar-refractivity contribution is 7.17. The van der Waals surface area contributed by atoms with Crippen LogP contribution in [0.5, 0.6) is 0 Å². The maximum absolute atomic E-state index is 12.7. The molecule has 2 aromatic rings. The third-order valence-electron chi connectivity index (χ3n) is 5.60. The molecule has 1 N–H and O–H groups in total. The summed E-state index contributed by atoms with van der Waals surface area (Å²) in [6.07, 6.45) is 4.74. The molecule has 3 heterocycles. The van der Waals surface area contributed by atoms with Crippen LogP contribution in [0, 0.1) is 0 Å². The van der Waals surface area contributed by atoms with Gasteiger partial charge in [-0.15, -0.1) is 11.3 Å². The molecule has 0 bridgehead atoms. The van der Waals surface area contributed by atoms with Crippen LogP contribution in [0.4, 0.5) is 5.00 Å². The summed E-state index contributed by atoms with van der Waals surface area (Å²) in [5.74, 6) is -0.394. The van der Waals surface area contributed by atoms with Crippen molar-refractivity contribution in [1.29, 1.82) is 0 Å². The molecular weight excluding hydrogens is 400 g/mol. The van der Waals surface area contributed by atoms with Crippen LogP contribution >= 0.6 is 11.3 Å². The fourth-order valence-corrected chi connectivity index (χ4v) is 5.40. The Hall–Kier alpha value is -2.29. The standard InChI is InChI=1S/C22H28N4O3S/c1-2-29-22(28)20-17-7-5-8-18(17)30-21(20)24-19(27)15-26-12-10-25(11-13-26)14-16-6-3-4-9-23-16/h3-4,6,9H,2,5,7-8,10-15H2,1H3,(H,24,27). The maximum atomic E-state index is 12.7. The van der Waals surface area contributed by atoms with E-state index < -0.39 is 0 Å². The number of rotatable bonds is 7. The summed E-state index contributed by atoms with van der Waals surface area (Å²) < 4.78 is 5.24. The average Bonchev–Trinajstić information content (AvgIpc) is 3.31. The molecular formula is C22H28N4O3S. The van der Waals surface area contributed by atoms with E-state index in [4.69, 9.17) is 4.74 Å². The van der Waals surface area contributed by atoms with Gasteiger partial charge in [-0.2, -0.15) is 0 Å². The number of hydrogen-bond donors (Lipinski definition) is 1. The summed E-state index contributed by atoms with van der Waals surface area (Å²) in [5.41, 5.74) is 2.71. The zero-order valence-electron chi connectivity index (χ0n) is 17.4. The first kappa shape index (κ1) is 21.0. The predicted octanol–water partition coefficient (Wildman–Crippen LogP) is 2.56. The van der Waals surface area contributed by atoms with E-state index in [1.807, 2.05) is 24.4 Å². The summed E-state index contributed by atoms with van der Waals surface area (Å²) in [6.45, 7) is 6.80. The molecule has 1 aliphatic heterocycles. The number of pyridine rings is 1. The average molecular weight is 429 g/mol. The van der Waals surface area contributed by atoms with E-state index in [0.717, 1.165) is 63.2 Å². The van der Waals surface area contributed by atoms with Gasteiger partial charge in [0.1, 0.15) is 5.00 Å². The van der Waals surface area contributed by atoms with Crippen LogP contribution in [0.2, 0.25) is 0 Å². The van der Waals surface area contributed by atoms with E-state index in [9.17, 15) is 9.59 Å². The van der Waals surface area contributed by atoms with Crippen molar-refractivity contribution in [1.82, 2.24) is 14.8 Å². The molecule has 0 atom stereocenters. The molecule has 0 unspecified atom stereocenters. The summed E-state index contributed by atoms with van der Waals surface area (Å²) in [4.78, 5) is 35.3. The van der Waals surface area contributed by atoms with Gasteiger partial charge in [-0.3, -0.25) is 19.6 Å². The zero-order chi connectivity index (χ0) is 20.9. The first-order valence-electron chi connectivity index (χ1n) is 10.6. The molecule has 1 amide bonds. The molecule has 7 nitrogen and oxygen atoms in total. The normalized spacial score (nSPS) is 17.0. The molecule has 1 fully saturated rings. The molecule has 2 aromatic heterocycles. The molecule has 1 aliphatic carbocycles. The SMILES string of the molecule is CCOC(=O)c1c(NC(=O)CN2CCN(Cc3ccccn3)CC2)sc2c1CCC2. The van der Waals surface area contributed by atoms with E-state index in [1.54, 1.807) is 6.92 Å². The lowest BCUT2D eigenvalue weighted by molar-refractivity contribution is -0.117. The number of anilines is 1. The fraction of sp³-hybridized carbons (Fsp3) is 0.500. The van der Waals surface area contributed by atoms with E-state index >= 15 is 0 Å².